The molecule has 13 nitrogen and oxygen atoms in total. The molecular formula is C42H67NO12. The Morgan fingerprint density at radius 3 is 2.24 bits per heavy atom. The quantitative estimate of drug-likeness (QED) is 0.180. The molecule has 4 aliphatic rings. The van der Waals surface area contributed by atoms with Gasteiger partial charge in [0.25, 0.3) is 11.7 Å². The highest BCUT2D eigenvalue weighted by Crippen LogP contribution is 2.39. The lowest BCUT2D eigenvalue weighted by Crippen LogP contribution is -2.64. The fourth-order valence-corrected chi connectivity index (χ4v) is 9.16. The minimum atomic E-state index is -2.51. The minimum Gasteiger partial charge on any atom is -0.456 e. The first kappa shape index (κ1) is 45.2. The molecule has 14 atom stereocenters. The Morgan fingerprint density at radius 1 is 0.927 bits per heavy atom. The normalized spacial score (nSPS) is 42.1. The number of amides is 1. The van der Waals surface area contributed by atoms with Gasteiger partial charge in [-0.3, -0.25) is 14.4 Å². The highest BCUT2D eigenvalue weighted by molar-refractivity contribution is 6.39. The van der Waals surface area contributed by atoms with E-state index in [-0.39, 0.29) is 43.4 Å². The highest BCUT2D eigenvalue weighted by Gasteiger charge is 2.56. The van der Waals surface area contributed by atoms with E-state index in [0.29, 0.717) is 56.9 Å². The number of carbonyl (C=O) groups is 4. The zero-order valence-corrected chi connectivity index (χ0v) is 34.1. The second-order valence-corrected chi connectivity index (χ2v) is 16.9. The Balaban J connectivity index is 1.76. The second kappa shape index (κ2) is 19.8. The number of ether oxygens (including phenoxy) is 4. The average molecular weight is 778 g/mol. The van der Waals surface area contributed by atoms with Crippen LogP contribution in [0.1, 0.15) is 112 Å². The van der Waals surface area contributed by atoms with Crippen molar-refractivity contribution in [1.82, 2.24) is 4.90 Å². The van der Waals surface area contributed by atoms with Crippen LogP contribution in [0, 0.1) is 29.6 Å². The molecule has 1 amide bonds. The van der Waals surface area contributed by atoms with E-state index >= 15 is 0 Å². The van der Waals surface area contributed by atoms with Crippen molar-refractivity contribution >= 4 is 23.4 Å². The number of aliphatic hydroxyl groups is 4. The summed E-state index contributed by atoms with van der Waals surface area (Å²) in [5.41, 5.74) is 1.59. The lowest BCUT2D eigenvalue weighted by molar-refractivity contribution is -0.302. The van der Waals surface area contributed by atoms with Gasteiger partial charge in [-0.15, -0.1) is 0 Å². The van der Waals surface area contributed by atoms with Crippen LogP contribution in [0.25, 0.3) is 0 Å². The fourth-order valence-electron chi connectivity index (χ4n) is 9.16. The second-order valence-electron chi connectivity index (χ2n) is 16.9. The van der Waals surface area contributed by atoms with Gasteiger partial charge in [0.05, 0.1) is 30.5 Å². The van der Waals surface area contributed by atoms with Gasteiger partial charge in [0.15, 0.2) is 0 Å². The number of allylic oxidation sites excluding steroid dienone is 3. The Hall–Kier alpha value is -2.52. The first-order valence-electron chi connectivity index (χ1n) is 20.4. The third kappa shape index (κ3) is 10.7. The molecule has 0 spiro atoms. The number of rotatable bonds is 5. The number of cyclic esters (lactones) is 1. The van der Waals surface area contributed by atoms with Gasteiger partial charge in [-0.05, 0) is 95.5 Å². The molecule has 1 aliphatic carbocycles. The van der Waals surface area contributed by atoms with Crippen LogP contribution in [-0.4, -0.2) is 124 Å². The van der Waals surface area contributed by atoms with Gasteiger partial charge in [-0.25, -0.2) is 4.79 Å². The topological polar surface area (TPSA) is 189 Å². The summed E-state index contributed by atoms with van der Waals surface area (Å²) in [6.45, 7) is 11.1. The number of piperidine rings is 1. The number of ketones is 2. The molecule has 4 rings (SSSR count). The first-order chi connectivity index (χ1) is 25.9. The predicted octanol–water partition coefficient (Wildman–Crippen LogP) is 3.82. The van der Waals surface area contributed by atoms with Crippen LogP contribution in [0.4, 0.5) is 0 Å². The number of aliphatic hydroxyl groups excluding tert-OH is 3. The molecule has 2 unspecified atom stereocenters. The predicted molar refractivity (Wildman–Crippen MR) is 203 cm³/mol. The molecule has 1 saturated carbocycles. The highest BCUT2D eigenvalue weighted by atomic mass is 16.7. The molecule has 3 heterocycles. The van der Waals surface area contributed by atoms with Crippen molar-refractivity contribution in [2.45, 2.75) is 167 Å². The molecule has 4 N–H and O–H groups in total. The molecular weight excluding hydrogens is 710 g/mol. The van der Waals surface area contributed by atoms with Gasteiger partial charge in [0, 0.05) is 44.9 Å². The maximum atomic E-state index is 14.2. The van der Waals surface area contributed by atoms with Gasteiger partial charge < -0.3 is 44.3 Å². The van der Waals surface area contributed by atoms with Crippen molar-refractivity contribution in [3.05, 3.63) is 23.3 Å². The molecule has 3 fully saturated rings. The van der Waals surface area contributed by atoms with Crippen molar-refractivity contribution in [1.29, 1.82) is 0 Å². The summed E-state index contributed by atoms with van der Waals surface area (Å²) in [5, 5.41) is 44.0. The standard InChI is InChI=1S/C42H67NO12/c1-9-29-17-23(2)16-24(3)18-35(52-7)38-36(53-8)20-26(5)42(51,55-38)39(48)40(49)43-15-11-10-12-30(43)41(50)54-37(27(6)32(45)22-33(29)46)25(4)19-28-13-14-31(44)34(47)21-28/h17,19,24,26-32,34-38,44-45,47,51H,9-16,18,20-22H2,1-8H3/b23-17+,25-19+/t24-,26+,27+,28-,29+,30?,31?,32-,34+,35-,36-,37+,38+,42+/m0/s1. The van der Waals surface area contributed by atoms with Gasteiger partial charge in [0.2, 0.25) is 5.79 Å². The van der Waals surface area contributed by atoms with Crippen LogP contribution in [0.3, 0.4) is 0 Å². The number of hydrogen-bond donors (Lipinski definition) is 4. The van der Waals surface area contributed by atoms with Crippen LogP contribution < -0.4 is 0 Å². The molecule has 312 valence electrons. The van der Waals surface area contributed by atoms with Crippen LogP contribution in [0.5, 0.6) is 0 Å². The van der Waals surface area contributed by atoms with E-state index in [9.17, 15) is 39.6 Å². The summed E-state index contributed by atoms with van der Waals surface area (Å²) in [6.07, 6.45) is 2.16. The SMILES string of the molecule is CC[C@@H]1/C=C(\C)C[C@H](C)C[C@H](OC)[C@H]2O[C@@](O)(C(=O)C(=O)N3CCCCC3C(=O)O[C@H](/C(C)=C/[C@@H]3CCC(O)[C@H](O)C3)[C@H](C)[C@@H](O)CC1=O)[C@H](C)C[C@@H]2OC. The first-order valence-corrected chi connectivity index (χ1v) is 20.4. The number of hydrogen-bond acceptors (Lipinski definition) is 12. The van der Waals surface area contributed by atoms with E-state index in [2.05, 4.69) is 0 Å². The summed E-state index contributed by atoms with van der Waals surface area (Å²) < 4.78 is 24.1. The average Bonchev–Trinajstić information content (AvgIpc) is 3.15. The summed E-state index contributed by atoms with van der Waals surface area (Å²) in [5.74, 6) is -7.77. The van der Waals surface area contributed by atoms with Crippen molar-refractivity contribution in [3.8, 4) is 0 Å². The van der Waals surface area contributed by atoms with Crippen molar-refractivity contribution < 1.29 is 58.6 Å². The fraction of sp³-hybridized carbons (Fsp3) is 0.810. The molecule has 0 aromatic carbocycles. The Bertz CT molecular complexity index is 1410. The maximum Gasteiger partial charge on any atom is 0.329 e. The van der Waals surface area contributed by atoms with E-state index in [1.807, 2.05) is 32.9 Å². The molecule has 0 aromatic rings. The van der Waals surface area contributed by atoms with E-state index < -0.39 is 90.0 Å². The van der Waals surface area contributed by atoms with Crippen LogP contribution in [-0.2, 0) is 38.1 Å². The number of methoxy groups -OCH3 is 2. The Kier molecular flexibility index (Phi) is 16.2. The van der Waals surface area contributed by atoms with E-state index in [1.54, 1.807) is 20.8 Å². The maximum absolute atomic E-state index is 14.2. The van der Waals surface area contributed by atoms with E-state index in [0.717, 1.165) is 10.5 Å². The molecule has 2 saturated heterocycles. The van der Waals surface area contributed by atoms with Crippen molar-refractivity contribution in [2.75, 3.05) is 20.8 Å². The largest absolute Gasteiger partial charge is 0.456 e. The number of nitrogens with zero attached hydrogens (tertiary/aromatic N) is 1. The lowest BCUT2D eigenvalue weighted by Gasteiger charge is -2.47. The van der Waals surface area contributed by atoms with Gasteiger partial charge in [0.1, 0.15) is 24.0 Å². The molecule has 3 aliphatic heterocycles. The van der Waals surface area contributed by atoms with Crippen molar-refractivity contribution in [3.63, 3.8) is 0 Å². The third-order valence-corrected chi connectivity index (χ3v) is 12.6. The number of Topliss-reactive ketones (excluding diaryl/α,β-unsaturated/α-hetero) is 2. The van der Waals surface area contributed by atoms with Gasteiger partial charge >= 0.3 is 5.97 Å². The van der Waals surface area contributed by atoms with Crippen LogP contribution >= 0.6 is 0 Å². The van der Waals surface area contributed by atoms with Crippen molar-refractivity contribution in [2.24, 2.45) is 29.6 Å². The van der Waals surface area contributed by atoms with Crippen LogP contribution in [0.2, 0.25) is 0 Å². The zero-order valence-electron chi connectivity index (χ0n) is 34.1. The number of fused-ring (bicyclic) bond motifs is 3. The van der Waals surface area contributed by atoms with Crippen LogP contribution in [0.15, 0.2) is 23.3 Å². The molecule has 0 radical (unpaired) electrons. The third-order valence-electron chi connectivity index (χ3n) is 12.6. The molecule has 13 heteroatoms. The van der Waals surface area contributed by atoms with E-state index in [1.165, 1.54) is 14.2 Å². The Morgan fingerprint density at radius 2 is 1.60 bits per heavy atom. The number of esters is 1. The Labute approximate surface area is 326 Å². The molecule has 0 aromatic heterocycles. The monoisotopic (exact) mass is 777 g/mol. The lowest BCUT2D eigenvalue weighted by atomic mass is 9.81. The van der Waals surface area contributed by atoms with Gasteiger partial charge in [-0.1, -0.05) is 45.4 Å². The number of carbonyl (C=O) groups excluding carboxylic acids is 4. The van der Waals surface area contributed by atoms with Gasteiger partial charge in [-0.2, -0.15) is 0 Å². The zero-order chi connectivity index (χ0) is 40.8. The summed E-state index contributed by atoms with van der Waals surface area (Å²) in [6, 6.07) is -1.15. The summed E-state index contributed by atoms with van der Waals surface area (Å²) in [7, 11) is 3.05. The van der Waals surface area contributed by atoms with E-state index in [4.69, 9.17) is 18.9 Å². The smallest absolute Gasteiger partial charge is 0.329 e. The summed E-state index contributed by atoms with van der Waals surface area (Å²) in [4.78, 5) is 57.4. The molecule has 2 bridgehead atoms. The summed E-state index contributed by atoms with van der Waals surface area (Å²) >= 11 is 0. The minimum absolute atomic E-state index is 0.0285. The molecule has 55 heavy (non-hydrogen) atoms.